The van der Waals surface area contributed by atoms with Crippen LogP contribution in [0, 0.1) is 0 Å². The van der Waals surface area contributed by atoms with E-state index < -0.39 is 24.3 Å². The van der Waals surface area contributed by atoms with Crippen LogP contribution in [0.3, 0.4) is 0 Å². The van der Waals surface area contributed by atoms with E-state index in [-0.39, 0.29) is 69.9 Å². The van der Waals surface area contributed by atoms with Gasteiger partial charge in [-0.25, -0.2) is 4.79 Å². The molecule has 11 aromatic rings. The molecule has 0 radical (unpaired) electrons. The number of aromatic hydroxyl groups is 4. The van der Waals surface area contributed by atoms with Crippen molar-refractivity contribution in [1.29, 1.82) is 0 Å². The molecule has 13 rings (SSSR count). The van der Waals surface area contributed by atoms with E-state index in [1.807, 2.05) is 140 Å². The van der Waals surface area contributed by atoms with Crippen molar-refractivity contribution in [2.75, 3.05) is 52.9 Å². The second kappa shape index (κ2) is 62.1. The van der Waals surface area contributed by atoms with Crippen LogP contribution in [0.2, 0.25) is 0 Å². The maximum absolute atomic E-state index is 10.8. The van der Waals surface area contributed by atoms with Gasteiger partial charge in [-0.3, -0.25) is 24.3 Å². The predicted molar refractivity (Wildman–Crippen MR) is 545 cm³/mol. The normalized spacial score (nSPS) is 14.1. The minimum absolute atomic E-state index is 0. The number of aliphatic hydroxyl groups is 6. The Morgan fingerprint density at radius 2 is 0.756 bits per heavy atom. The number of piperazine rings is 1. The molecule has 0 spiro atoms. The molecule has 2 heterocycles. The van der Waals surface area contributed by atoms with E-state index in [0.29, 0.717) is 71.2 Å². The Hall–Kier alpha value is -11.7. The van der Waals surface area contributed by atoms with Crippen molar-refractivity contribution < 1.29 is 80.0 Å². The molecule has 0 saturated carbocycles. The molecule has 21 nitrogen and oxygen atoms in total. The van der Waals surface area contributed by atoms with Gasteiger partial charge >= 0.3 is 11.9 Å². The summed E-state index contributed by atoms with van der Waals surface area (Å²) in [6.45, 7) is 35.5. The van der Waals surface area contributed by atoms with Crippen LogP contribution in [-0.2, 0) is 52.2 Å². The lowest BCUT2D eigenvalue weighted by Crippen LogP contribution is -2.40. The Morgan fingerprint density at radius 3 is 1.07 bits per heavy atom. The third-order valence-electron chi connectivity index (χ3n) is 23.3. The summed E-state index contributed by atoms with van der Waals surface area (Å²) in [5.41, 5.74) is 14.1. The molecule has 0 amide bonds. The van der Waals surface area contributed by atoms with Gasteiger partial charge in [0.15, 0.2) is 6.29 Å². The number of aliphatic hydroxyl groups excluding tert-OH is 6. The van der Waals surface area contributed by atoms with Crippen LogP contribution in [0.5, 0.6) is 28.7 Å². The van der Waals surface area contributed by atoms with Crippen LogP contribution in [0.4, 0.5) is 0 Å². The highest BCUT2D eigenvalue weighted by Crippen LogP contribution is 2.42. The smallest absolute Gasteiger partial charge is 0.349 e. The van der Waals surface area contributed by atoms with Gasteiger partial charge in [-0.05, 0) is 251 Å². The first-order valence-electron chi connectivity index (χ1n) is 46.6. The number of nitrogens with zero attached hydrogens (tertiary/aromatic N) is 4. The fraction of sp³-hybridized carbons (Fsp3) is 0.377. The van der Waals surface area contributed by atoms with Crippen molar-refractivity contribution in [3.63, 3.8) is 0 Å². The van der Waals surface area contributed by atoms with Crippen molar-refractivity contribution in [2.45, 2.75) is 228 Å². The summed E-state index contributed by atoms with van der Waals surface area (Å²) < 4.78 is 10.1. The standard InChI is InChI=1S/3C22H31NO2.C16H16O3.C10H10O4.C9H8O.C7H8O2.C5H12N2.CH4/c3*1-16(2)23(17(3)4)13-12-20(19-8-6-5-7-9-19)21-14-18(15-24)10-11-22(21)25;17-10-11-6-7-15-14(8-11)13(9-16(18)19-15)12-4-2-1-3-5-12;1-7(11)14-9(10(12)13)8-5-3-2-4-6-8;10-8-4-7-9-5-2-1-3-6-9;8-5-6-1-3-7(9)4-2-6;1-7-4-2-6-3-5-7;/h3*5-11,14,16-17,20,24-25H,12-13,15H2,1-4H3;1-8,13,16-18H,9-10H2;2-6,9H,1H3,(H,12,13);1-8H;1-4,8-9H,5H2;6H,2-5H2,1H3;1H4/b;;;;;7-4+;;;/t2*20-;;;9-;;;;/m11..1..../s1. The monoisotopic (exact) mass is 1850 g/mol. The number of allylic oxidation sites excluding steroid dienone is 1. The Bertz CT molecular complexity index is 4820. The first-order valence-corrected chi connectivity index (χ1v) is 46.6. The molecular formula is C114H151N5O16. The molecule has 135 heavy (non-hydrogen) atoms. The number of nitrogens with one attached hydrogen (secondary N) is 1. The number of fused-ring (bicyclic) bond motifs is 1. The maximum Gasteiger partial charge on any atom is 0.349 e. The largest absolute Gasteiger partial charge is 0.508 e. The number of phenolic OH excluding ortho intramolecular Hbond substituents is 4. The van der Waals surface area contributed by atoms with E-state index >= 15 is 0 Å². The molecule has 6 atom stereocenters. The zero-order valence-electron chi connectivity index (χ0n) is 80.8. The lowest BCUT2D eigenvalue weighted by Gasteiger charge is -2.32. The highest BCUT2D eigenvalue weighted by molar-refractivity contribution is 5.78. The van der Waals surface area contributed by atoms with Crippen LogP contribution in [0.1, 0.15) is 236 Å². The molecule has 3 unspecified atom stereocenters. The van der Waals surface area contributed by atoms with E-state index in [4.69, 9.17) is 20.1 Å². The molecule has 21 heteroatoms. The second-order valence-corrected chi connectivity index (χ2v) is 35.0. The fourth-order valence-corrected chi connectivity index (χ4v) is 16.4. The molecule has 11 aromatic carbocycles. The Labute approximate surface area is 803 Å². The van der Waals surface area contributed by atoms with Crippen molar-refractivity contribution in [3.8, 4) is 28.7 Å². The Balaban J connectivity index is 0.000000281. The van der Waals surface area contributed by atoms with Gasteiger partial charge in [0.2, 0.25) is 6.10 Å². The van der Waals surface area contributed by atoms with Gasteiger partial charge in [-0.1, -0.05) is 232 Å². The number of esters is 1. The van der Waals surface area contributed by atoms with E-state index in [0.717, 1.165) is 119 Å². The maximum atomic E-state index is 10.8. The molecule has 2 aliphatic rings. The molecule has 1 saturated heterocycles. The van der Waals surface area contributed by atoms with E-state index in [1.165, 1.54) is 42.8 Å². The minimum atomic E-state index is -1.21. The number of aldehydes is 1. The van der Waals surface area contributed by atoms with Crippen LogP contribution in [-0.4, -0.2) is 189 Å². The Kier molecular flexibility index (Phi) is 52.3. The second-order valence-electron chi connectivity index (χ2n) is 35.0. The summed E-state index contributed by atoms with van der Waals surface area (Å²) in [5.74, 6) is 0.453. The van der Waals surface area contributed by atoms with Crippen molar-refractivity contribution >= 4 is 24.3 Å². The quantitative estimate of drug-likeness (QED) is 0.0106. The number of hydrogen-bond acceptors (Lipinski definition) is 20. The predicted octanol–water partition coefficient (Wildman–Crippen LogP) is 20.3. The number of carboxylic acid groups (broad SMARTS) is 1. The number of rotatable bonds is 32. The van der Waals surface area contributed by atoms with Gasteiger partial charge < -0.3 is 75.9 Å². The van der Waals surface area contributed by atoms with E-state index in [9.17, 15) is 55.2 Å². The molecule has 0 bridgehead atoms. The highest BCUT2D eigenvalue weighted by atomic mass is 16.6. The zero-order chi connectivity index (χ0) is 98.0. The van der Waals surface area contributed by atoms with Crippen molar-refractivity contribution in [2.24, 2.45) is 0 Å². The zero-order valence-corrected chi connectivity index (χ0v) is 80.8. The van der Waals surface area contributed by atoms with Gasteiger partial charge in [0.1, 0.15) is 35.0 Å². The Morgan fingerprint density at radius 1 is 0.437 bits per heavy atom. The number of phenols is 4. The fourth-order valence-electron chi connectivity index (χ4n) is 16.4. The van der Waals surface area contributed by atoms with E-state index in [1.54, 1.807) is 97.1 Å². The lowest BCUT2D eigenvalue weighted by molar-refractivity contribution is -0.163. The average Bonchev–Trinajstić information content (AvgIpc) is 0.791. The first-order chi connectivity index (χ1) is 64.3. The molecule has 0 aliphatic carbocycles. The van der Waals surface area contributed by atoms with Gasteiger partial charge in [0, 0.05) is 127 Å². The molecule has 12 N–H and O–H groups in total. The van der Waals surface area contributed by atoms with Crippen LogP contribution in [0.25, 0.3) is 6.08 Å². The van der Waals surface area contributed by atoms with Gasteiger partial charge in [-0.2, -0.15) is 0 Å². The third kappa shape index (κ3) is 39.7. The molecule has 0 aromatic heterocycles. The summed E-state index contributed by atoms with van der Waals surface area (Å²) in [6, 6.07) is 90.2. The number of carboxylic acids is 1. The number of likely N-dealkylation sites (N-methyl/N-ethyl adjacent to an activating group) is 1. The third-order valence-corrected chi connectivity index (χ3v) is 23.3. The number of carbonyl (C=O) groups is 3. The summed E-state index contributed by atoms with van der Waals surface area (Å²) in [6.07, 6.45) is 5.32. The minimum Gasteiger partial charge on any atom is -0.508 e. The van der Waals surface area contributed by atoms with Crippen molar-refractivity contribution in [3.05, 3.63) is 369 Å². The lowest BCUT2D eigenvalue weighted by atomic mass is 9.85. The van der Waals surface area contributed by atoms with Gasteiger partial charge in [-0.15, -0.1) is 0 Å². The topological polar surface area (TPSA) is 317 Å². The highest BCUT2D eigenvalue weighted by Gasteiger charge is 2.30. The molecule has 1 fully saturated rings. The first kappa shape index (κ1) is 114. The van der Waals surface area contributed by atoms with Crippen molar-refractivity contribution in [1.82, 2.24) is 24.9 Å². The number of aliphatic carboxylic acids is 1. The van der Waals surface area contributed by atoms with E-state index in [2.05, 4.69) is 168 Å². The summed E-state index contributed by atoms with van der Waals surface area (Å²) >= 11 is 0. The SMILES string of the molecule is C.CC(=O)O[C@@H](C(=O)O)c1ccccc1.CC(C)N(CCC(c1ccccc1)c1cc(CO)ccc1O)C(C)C.CC(C)N(CC[C@H](c1ccccc1)c1cc(CO)ccc1O)C(C)C.CC(C)N(CC[C@H](c1ccccc1)c1cc(CO)ccc1O)C(C)C.CN1CCNCC1.O=C/C=C/c1ccccc1.OCc1ccc(O)cc1.OCc1ccc2c(c1)C(c1ccccc1)CC(O)O2. The van der Waals surface area contributed by atoms with Crippen LogP contribution >= 0.6 is 0 Å². The summed E-state index contributed by atoms with van der Waals surface area (Å²) in [7, 11) is 2.15. The molecular weight excluding hydrogens is 1700 g/mol. The summed E-state index contributed by atoms with van der Waals surface area (Å²) in [4.78, 5) is 41.1. The molecule has 728 valence electrons. The number of hydrogen-bond donors (Lipinski definition) is 12. The van der Waals surface area contributed by atoms with Gasteiger partial charge in [0.25, 0.3) is 0 Å². The van der Waals surface area contributed by atoms with Crippen LogP contribution in [0.15, 0.2) is 285 Å². The van der Waals surface area contributed by atoms with Crippen LogP contribution < -0.4 is 10.1 Å². The average molecular weight is 1850 g/mol. The molecule has 2 aliphatic heterocycles. The number of carbonyl (C=O) groups excluding carboxylic acids is 2. The summed E-state index contributed by atoms with van der Waals surface area (Å²) in [5, 5.41) is 108. The number of benzene rings is 11. The van der Waals surface area contributed by atoms with Gasteiger partial charge in [0.05, 0.1) is 33.0 Å². The number of ether oxygens (including phenoxy) is 2.